The molecule has 1 atom stereocenters. The Morgan fingerprint density at radius 3 is 2.53 bits per heavy atom. The maximum Gasteiger partial charge on any atom is 0.272 e. The average Bonchev–Trinajstić information content (AvgIpc) is 2.74. The summed E-state index contributed by atoms with van der Waals surface area (Å²) in [6, 6.07) is 13.6. The van der Waals surface area contributed by atoms with Gasteiger partial charge in [0, 0.05) is 12.4 Å². The SMILES string of the molecule is Cc1nccnc1C(=O)N[C@@H](C)c1nc2cccc(Cl)c2c(=O)n1-c1ccccc1. The van der Waals surface area contributed by atoms with Crippen molar-refractivity contribution in [3.8, 4) is 5.69 Å². The number of para-hydroxylation sites is 1. The molecule has 1 amide bonds. The minimum Gasteiger partial charge on any atom is -0.341 e. The maximum atomic E-state index is 13.4. The Bertz CT molecular complexity index is 1300. The smallest absolute Gasteiger partial charge is 0.272 e. The minimum atomic E-state index is -0.588. The number of benzene rings is 2. The van der Waals surface area contributed by atoms with E-state index in [2.05, 4.69) is 20.3 Å². The standard InChI is InChI=1S/C22H18ClN5O2/c1-13-19(25-12-11-24-13)21(29)26-14(2)20-27-17-10-6-9-16(23)18(17)22(30)28(20)15-7-4-3-5-8-15/h3-12,14H,1-2H3,(H,26,29)/t14-/m0/s1. The number of amides is 1. The monoisotopic (exact) mass is 419 g/mol. The fraction of sp³-hybridized carbons (Fsp3) is 0.136. The van der Waals surface area contributed by atoms with Crippen LogP contribution in [0.15, 0.2) is 65.7 Å². The second-order valence-electron chi connectivity index (χ2n) is 6.77. The molecule has 2 heterocycles. The molecule has 30 heavy (non-hydrogen) atoms. The van der Waals surface area contributed by atoms with Crippen LogP contribution in [0.5, 0.6) is 0 Å². The Kier molecular flexibility index (Phi) is 5.29. The summed E-state index contributed by atoms with van der Waals surface area (Å²) in [4.78, 5) is 39.0. The zero-order chi connectivity index (χ0) is 21.3. The molecule has 0 aliphatic rings. The van der Waals surface area contributed by atoms with Crippen LogP contribution in [-0.4, -0.2) is 25.4 Å². The molecule has 2 aromatic carbocycles. The molecule has 1 N–H and O–H groups in total. The number of halogens is 1. The summed E-state index contributed by atoms with van der Waals surface area (Å²) in [6.45, 7) is 3.48. The van der Waals surface area contributed by atoms with E-state index in [1.54, 1.807) is 44.2 Å². The van der Waals surface area contributed by atoms with Crippen LogP contribution in [0.25, 0.3) is 16.6 Å². The van der Waals surface area contributed by atoms with Crippen molar-refractivity contribution in [2.45, 2.75) is 19.9 Å². The number of carbonyl (C=O) groups excluding carboxylic acids is 1. The van der Waals surface area contributed by atoms with Gasteiger partial charge in [0.15, 0.2) is 0 Å². The van der Waals surface area contributed by atoms with E-state index < -0.39 is 11.9 Å². The zero-order valence-electron chi connectivity index (χ0n) is 16.3. The molecule has 0 aliphatic heterocycles. The summed E-state index contributed by atoms with van der Waals surface area (Å²) in [7, 11) is 0. The molecular formula is C22H18ClN5O2. The van der Waals surface area contributed by atoms with Gasteiger partial charge < -0.3 is 5.32 Å². The first kappa shape index (κ1) is 19.7. The lowest BCUT2D eigenvalue weighted by Crippen LogP contribution is -2.34. The molecule has 0 saturated carbocycles. The Labute approximate surface area is 177 Å². The van der Waals surface area contributed by atoms with Gasteiger partial charge in [0.25, 0.3) is 11.5 Å². The van der Waals surface area contributed by atoms with Gasteiger partial charge in [-0.05, 0) is 38.1 Å². The van der Waals surface area contributed by atoms with Crippen LogP contribution in [-0.2, 0) is 0 Å². The summed E-state index contributed by atoms with van der Waals surface area (Å²) >= 11 is 6.30. The van der Waals surface area contributed by atoms with Crippen LogP contribution in [0.1, 0.15) is 35.0 Å². The van der Waals surface area contributed by atoms with E-state index in [4.69, 9.17) is 11.6 Å². The normalized spacial score (nSPS) is 12.0. The molecule has 7 nitrogen and oxygen atoms in total. The first-order valence-electron chi connectivity index (χ1n) is 9.32. The molecular weight excluding hydrogens is 402 g/mol. The zero-order valence-corrected chi connectivity index (χ0v) is 17.1. The van der Waals surface area contributed by atoms with Crippen LogP contribution >= 0.6 is 11.6 Å². The summed E-state index contributed by atoms with van der Waals surface area (Å²) < 4.78 is 1.47. The van der Waals surface area contributed by atoms with Gasteiger partial charge in [-0.2, -0.15) is 0 Å². The molecule has 8 heteroatoms. The number of hydrogen-bond donors (Lipinski definition) is 1. The molecule has 4 rings (SSSR count). The number of hydrogen-bond acceptors (Lipinski definition) is 5. The number of rotatable bonds is 4. The Morgan fingerprint density at radius 1 is 1.07 bits per heavy atom. The number of fused-ring (bicyclic) bond motifs is 1. The van der Waals surface area contributed by atoms with E-state index in [0.717, 1.165) is 0 Å². The number of nitrogens with one attached hydrogen (secondary N) is 1. The molecule has 2 aromatic heterocycles. The van der Waals surface area contributed by atoms with Gasteiger partial charge in [0.2, 0.25) is 0 Å². The second kappa shape index (κ2) is 8.04. The Balaban J connectivity index is 1.86. The van der Waals surface area contributed by atoms with Crippen LogP contribution in [0.3, 0.4) is 0 Å². The van der Waals surface area contributed by atoms with E-state index >= 15 is 0 Å². The van der Waals surface area contributed by atoms with Crippen molar-refractivity contribution in [3.05, 3.63) is 93.5 Å². The highest BCUT2D eigenvalue weighted by Crippen LogP contribution is 2.23. The third kappa shape index (κ3) is 3.55. The predicted octanol–water partition coefficient (Wildman–Crippen LogP) is 3.63. The van der Waals surface area contributed by atoms with Gasteiger partial charge >= 0.3 is 0 Å². The van der Waals surface area contributed by atoms with Crippen LogP contribution in [0.4, 0.5) is 0 Å². The molecule has 0 saturated heterocycles. The fourth-order valence-electron chi connectivity index (χ4n) is 3.28. The summed E-state index contributed by atoms with van der Waals surface area (Å²) in [5, 5.41) is 3.53. The van der Waals surface area contributed by atoms with Crippen molar-refractivity contribution in [1.29, 1.82) is 0 Å². The lowest BCUT2D eigenvalue weighted by molar-refractivity contribution is 0.0931. The summed E-state index contributed by atoms with van der Waals surface area (Å²) in [6.07, 6.45) is 2.99. The molecule has 0 bridgehead atoms. The lowest BCUT2D eigenvalue weighted by atomic mass is 10.2. The molecule has 0 radical (unpaired) electrons. The maximum absolute atomic E-state index is 13.4. The number of nitrogens with zero attached hydrogens (tertiary/aromatic N) is 4. The second-order valence-corrected chi connectivity index (χ2v) is 7.17. The highest BCUT2D eigenvalue weighted by molar-refractivity contribution is 6.35. The number of aryl methyl sites for hydroxylation is 1. The third-order valence-corrected chi connectivity index (χ3v) is 5.03. The molecule has 150 valence electrons. The van der Waals surface area contributed by atoms with Crippen molar-refractivity contribution in [2.75, 3.05) is 0 Å². The third-order valence-electron chi connectivity index (χ3n) is 4.72. The van der Waals surface area contributed by atoms with Crippen LogP contribution < -0.4 is 10.9 Å². The van der Waals surface area contributed by atoms with Gasteiger partial charge in [0.1, 0.15) is 11.5 Å². The first-order chi connectivity index (χ1) is 14.5. The largest absolute Gasteiger partial charge is 0.341 e. The quantitative estimate of drug-likeness (QED) is 0.545. The Hall–Kier alpha value is -3.58. The van der Waals surface area contributed by atoms with Crippen molar-refractivity contribution in [2.24, 2.45) is 0 Å². The Morgan fingerprint density at radius 2 is 1.80 bits per heavy atom. The highest BCUT2D eigenvalue weighted by Gasteiger charge is 2.22. The van der Waals surface area contributed by atoms with Crippen LogP contribution in [0, 0.1) is 6.92 Å². The predicted molar refractivity (Wildman–Crippen MR) is 115 cm³/mol. The topological polar surface area (TPSA) is 89.8 Å². The average molecular weight is 420 g/mol. The van der Waals surface area contributed by atoms with Crippen molar-refractivity contribution in [1.82, 2.24) is 24.8 Å². The van der Waals surface area contributed by atoms with Gasteiger partial charge in [-0.15, -0.1) is 0 Å². The van der Waals surface area contributed by atoms with Crippen molar-refractivity contribution < 1.29 is 4.79 Å². The number of carbonyl (C=O) groups is 1. The van der Waals surface area contributed by atoms with Gasteiger partial charge in [-0.1, -0.05) is 35.9 Å². The van der Waals surface area contributed by atoms with E-state index in [-0.39, 0.29) is 11.3 Å². The van der Waals surface area contributed by atoms with Gasteiger partial charge in [-0.25, -0.2) is 9.97 Å². The van der Waals surface area contributed by atoms with E-state index in [1.165, 1.54) is 17.0 Å². The van der Waals surface area contributed by atoms with Gasteiger partial charge in [-0.3, -0.25) is 19.1 Å². The van der Waals surface area contributed by atoms with Gasteiger partial charge in [0.05, 0.1) is 33.3 Å². The van der Waals surface area contributed by atoms with Crippen molar-refractivity contribution in [3.63, 3.8) is 0 Å². The molecule has 0 aliphatic carbocycles. The summed E-state index contributed by atoms with van der Waals surface area (Å²) in [5.74, 6) is -0.0102. The van der Waals surface area contributed by atoms with E-state index in [9.17, 15) is 9.59 Å². The summed E-state index contributed by atoms with van der Waals surface area (Å²) in [5.41, 5.74) is 1.53. The fourth-order valence-corrected chi connectivity index (χ4v) is 3.53. The van der Waals surface area contributed by atoms with Crippen molar-refractivity contribution >= 4 is 28.4 Å². The van der Waals surface area contributed by atoms with E-state index in [0.29, 0.717) is 33.1 Å². The molecule has 0 spiro atoms. The van der Waals surface area contributed by atoms with Crippen LogP contribution in [0.2, 0.25) is 5.02 Å². The molecule has 0 unspecified atom stereocenters. The molecule has 0 fully saturated rings. The first-order valence-corrected chi connectivity index (χ1v) is 9.70. The highest BCUT2D eigenvalue weighted by atomic mass is 35.5. The molecule has 4 aromatic rings. The lowest BCUT2D eigenvalue weighted by Gasteiger charge is -2.20. The van der Waals surface area contributed by atoms with E-state index in [1.807, 2.05) is 18.2 Å². The minimum absolute atomic E-state index is 0.224. The number of aromatic nitrogens is 4.